The molecule has 0 saturated carbocycles. The van der Waals surface area contributed by atoms with E-state index in [9.17, 15) is 0 Å². The van der Waals surface area contributed by atoms with Crippen molar-refractivity contribution in [2.24, 2.45) is 0 Å². The zero-order valence-corrected chi connectivity index (χ0v) is 16.7. The third-order valence-electron chi connectivity index (χ3n) is 3.10. The molecule has 2 nitrogen and oxygen atoms in total. The van der Waals surface area contributed by atoms with Crippen LogP contribution >= 0.6 is 59.3 Å². The molecule has 0 spiro atoms. The summed E-state index contributed by atoms with van der Waals surface area (Å²) in [6, 6.07) is 6.52. The van der Waals surface area contributed by atoms with Crippen LogP contribution in [0.5, 0.6) is 5.75 Å². The number of hydrogen-bond donors (Lipinski definition) is 0. The number of ether oxygens (including phenoxy) is 1. The quantitative estimate of drug-likeness (QED) is 0.386. The van der Waals surface area contributed by atoms with Crippen molar-refractivity contribution in [2.75, 3.05) is 37.1 Å². The fourth-order valence-corrected chi connectivity index (χ4v) is 5.64. The molecule has 0 aromatic heterocycles. The Hall–Kier alpha value is 0.310. The summed E-state index contributed by atoms with van der Waals surface area (Å²) in [7, 11) is 3.82. The van der Waals surface area contributed by atoms with Crippen LogP contribution in [-0.4, -0.2) is 57.7 Å². The minimum atomic E-state index is 0.508. The van der Waals surface area contributed by atoms with E-state index < -0.39 is 0 Å². The highest BCUT2D eigenvalue weighted by Gasteiger charge is 2.23. The van der Waals surface area contributed by atoms with Crippen molar-refractivity contribution >= 4 is 64.4 Å². The van der Waals surface area contributed by atoms with Gasteiger partial charge in [0.2, 0.25) is 0 Å². The molecule has 1 aromatic carbocycles. The Balaban J connectivity index is 1.68. The fourth-order valence-electron chi connectivity index (χ4n) is 1.67. The molecule has 0 aliphatic carbocycles. The molecule has 0 radical (unpaired) electrons. The highest BCUT2D eigenvalue weighted by molar-refractivity contribution is 8.09. The molecule has 0 N–H and O–H groups in total. The van der Waals surface area contributed by atoms with Crippen LogP contribution in [0.2, 0.25) is 0 Å². The monoisotopic (exact) mass is 389 g/mol. The van der Waals surface area contributed by atoms with Crippen LogP contribution in [0.3, 0.4) is 0 Å². The van der Waals surface area contributed by atoms with Crippen molar-refractivity contribution in [3.63, 3.8) is 0 Å². The molecule has 120 valence electrons. The van der Waals surface area contributed by atoms with E-state index in [2.05, 4.69) is 18.2 Å². The van der Waals surface area contributed by atoms with Gasteiger partial charge in [-0.15, -0.1) is 23.5 Å². The van der Waals surface area contributed by atoms with E-state index in [0.29, 0.717) is 5.17 Å². The number of thiocarbonyl (C=S) groups is 1. The van der Waals surface area contributed by atoms with Crippen LogP contribution in [0.4, 0.5) is 0 Å². The molecule has 22 heavy (non-hydrogen) atoms. The summed E-state index contributed by atoms with van der Waals surface area (Å²) in [5.74, 6) is 5.87. The van der Waals surface area contributed by atoms with Crippen LogP contribution in [0.15, 0.2) is 28.0 Å². The maximum Gasteiger partial charge on any atom is 0.264 e. The first-order valence-electron chi connectivity index (χ1n) is 7.13. The Bertz CT molecular complexity index is 508. The van der Waals surface area contributed by atoms with E-state index in [1.165, 1.54) is 32.8 Å². The van der Waals surface area contributed by atoms with Crippen LogP contribution in [-0.2, 0) is 0 Å². The highest BCUT2D eigenvalue weighted by atomic mass is 32.2. The number of thioether (sulfide) groups is 4. The summed E-state index contributed by atoms with van der Waals surface area (Å²) in [6.45, 7) is 0. The molecule has 2 fully saturated rings. The third-order valence-corrected chi connectivity index (χ3v) is 8.19. The second kappa shape index (κ2) is 7.92. The first-order valence-corrected chi connectivity index (χ1v) is 11.6. The zero-order chi connectivity index (χ0) is 15.5. The molecule has 7 heteroatoms. The Morgan fingerprint density at radius 3 is 2.05 bits per heavy atom. The lowest BCUT2D eigenvalue weighted by molar-refractivity contribution is 0.448. The van der Waals surface area contributed by atoms with E-state index in [4.69, 9.17) is 17.0 Å². The van der Waals surface area contributed by atoms with E-state index in [1.807, 2.05) is 66.0 Å². The summed E-state index contributed by atoms with van der Waals surface area (Å²) < 4.78 is 5.82. The first kappa shape index (κ1) is 17.1. The van der Waals surface area contributed by atoms with Gasteiger partial charge in [0.05, 0.1) is 0 Å². The molecule has 2 unspecified atom stereocenters. The predicted octanol–water partition coefficient (Wildman–Crippen LogP) is 4.33. The summed E-state index contributed by atoms with van der Waals surface area (Å²) in [5.41, 5.74) is 0. The summed E-state index contributed by atoms with van der Waals surface area (Å²) in [5, 5.41) is 2.20. The van der Waals surface area contributed by atoms with E-state index in [0.717, 1.165) is 16.2 Å². The minimum Gasteiger partial charge on any atom is -0.432 e. The second-order valence-electron chi connectivity index (χ2n) is 5.44. The molecule has 3 rings (SSSR count). The average Bonchev–Trinajstić information content (AvgIpc) is 3.37. The molecule has 0 bridgehead atoms. The third kappa shape index (κ3) is 5.74. The predicted molar refractivity (Wildman–Crippen MR) is 107 cm³/mol. The van der Waals surface area contributed by atoms with Gasteiger partial charge in [-0.3, -0.25) is 0 Å². The lowest BCUT2D eigenvalue weighted by atomic mass is 10.3. The van der Waals surface area contributed by atoms with Crippen molar-refractivity contribution in [3.8, 4) is 5.75 Å². The maximum absolute atomic E-state index is 5.82. The SMILES string of the molecule is CN(C)C(=S)Oc1cc(SCC2CS2)cc(SCC2CS2)c1. The van der Waals surface area contributed by atoms with Gasteiger partial charge < -0.3 is 9.64 Å². The van der Waals surface area contributed by atoms with Crippen molar-refractivity contribution in [1.29, 1.82) is 0 Å². The second-order valence-corrected chi connectivity index (χ2v) is 10.6. The molecular weight excluding hydrogens is 371 g/mol. The molecule has 2 aliphatic heterocycles. The largest absolute Gasteiger partial charge is 0.432 e. The van der Waals surface area contributed by atoms with E-state index in [-0.39, 0.29) is 0 Å². The fraction of sp³-hybridized carbons (Fsp3) is 0.533. The maximum atomic E-state index is 5.82. The molecule has 2 saturated heterocycles. The topological polar surface area (TPSA) is 12.5 Å². The molecule has 2 heterocycles. The smallest absolute Gasteiger partial charge is 0.264 e. The van der Waals surface area contributed by atoms with Gasteiger partial charge in [0, 0.05) is 57.4 Å². The van der Waals surface area contributed by atoms with Crippen molar-refractivity contribution < 1.29 is 4.74 Å². The molecular formula is C15H19NOS5. The van der Waals surface area contributed by atoms with Crippen molar-refractivity contribution in [2.45, 2.75) is 20.3 Å². The average molecular weight is 390 g/mol. The molecule has 0 amide bonds. The molecule has 2 atom stereocenters. The molecule has 2 aliphatic rings. The Kier molecular flexibility index (Phi) is 6.17. The van der Waals surface area contributed by atoms with Gasteiger partial charge in [-0.2, -0.15) is 23.5 Å². The van der Waals surface area contributed by atoms with Crippen molar-refractivity contribution in [3.05, 3.63) is 18.2 Å². The van der Waals surface area contributed by atoms with Gasteiger partial charge >= 0.3 is 0 Å². The lowest BCUT2D eigenvalue weighted by Gasteiger charge is -2.15. The zero-order valence-electron chi connectivity index (χ0n) is 12.6. The standard InChI is InChI=1S/C15H19NOS5/c1-16(2)15(18)17-10-3-11(19-6-13-8-21-13)5-12(4-10)20-7-14-9-22-14/h3-5,13-14H,6-9H2,1-2H3. The Morgan fingerprint density at radius 2 is 1.64 bits per heavy atom. The summed E-state index contributed by atoms with van der Waals surface area (Å²) >= 11 is 13.2. The number of nitrogens with zero attached hydrogens (tertiary/aromatic N) is 1. The number of rotatable bonds is 7. The van der Waals surface area contributed by atoms with E-state index in [1.54, 1.807) is 0 Å². The van der Waals surface area contributed by atoms with Crippen molar-refractivity contribution in [1.82, 2.24) is 4.90 Å². The molecule has 1 aromatic rings. The number of benzene rings is 1. The number of hydrogen-bond acceptors (Lipinski definition) is 6. The van der Waals surface area contributed by atoms with Gasteiger partial charge in [-0.05, 0) is 30.4 Å². The van der Waals surface area contributed by atoms with Gasteiger partial charge in [-0.1, -0.05) is 0 Å². The van der Waals surface area contributed by atoms with Crippen LogP contribution in [0.1, 0.15) is 0 Å². The van der Waals surface area contributed by atoms with Crippen LogP contribution < -0.4 is 4.74 Å². The highest BCUT2D eigenvalue weighted by Crippen LogP contribution is 2.39. The van der Waals surface area contributed by atoms with E-state index >= 15 is 0 Å². The van der Waals surface area contributed by atoms with Gasteiger partial charge in [0.15, 0.2) is 0 Å². The lowest BCUT2D eigenvalue weighted by Crippen LogP contribution is -2.25. The van der Waals surface area contributed by atoms with Crippen LogP contribution in [0, 0.1) is 0 Å². The minimum absolute atomic E-state index is 0.508. The van der Waals surface area contributed by atoms with Gasteiger partial charge in [0.1, 0.15) is 5.75 Å². The van der Waals surface area contributed by atoms with Crippen LogP contribution in [0.25, 0.3) is 0 Å². The van der Waals surface area contributed by atoms with Gasteiger partial charge in [0.25, 0.3) is 5.17 Å². The summed E-state index contributed by atoms with van der Waals surface area (Å²) in [6.07, 6.45) is 0. The normalized spacial score (nSPS) is 22.3. The Labute approximate surface area is 154 Å². The first-order chi connectivity index (χ1) is 10.6. The Morgan fingerprint density at radius 1 is 1.14 bits per heavy atom. The summed E-state index contributed by atoms with van der Waals surface area (Å²) in [4.78, 5) is 4.40. The van der Waals surface area contributed by atoms with Gasteiger partial charge in [-0.25, -0.2) is 0 Å².